The van der Waals surface area contributed by atoms with Gasteiger partial charge in [0.05, 0.1) is 41.6 Å². The number of aryl methyl sites for hydroxylation is 1. The van der Waals surface area contributed by atoms with Crippen molar-refractivity contribution >= 4 is 39.7 Å². The minimum absolute atomic E-state index is 0.264. The van der Waals surface area contributed by atoms with Crippen LogP contribution in [-0.2, 0) is 11.8 Å². The molecule has 0 unspecified atom stereocenters. The van der Waals surface area contributed by atoms with E-state index in [0.717, 1.165) is 80.0 Å². The van der Waals surface area contributed by atoms with Gasteiger partial charge in [-0.3, -0.25) is 19.3 Å². The minimum atomic E-state index is -0.264. The molecule has 0 spiro atoms. The van der Waals surface area contributed by atoms with Crippen LogP contribution in [0.2, 0.25) is 0 Å². The number of ether oxygens (including phenoxy) is 1. The second-order valence-corrected chi connectivity index (χ2v) is 12.1. The van der Waals surface area contributed by atoms with E-state index in [-0.39, 0.29) is 5.91 Å². The smallest absolute Gasteiger partial charge is 0.247 e. The molecule has 2 saturated heterocycles. The Balaban J connectivity index is 1.22. The zero-order valence-electron chi connectivity index (χ0n) is 26.7. The third-order valence-corrected chi connectivity index (χ3v) is 9.14. The number of carbonyl (C=O) groups excluding carboxylic acids is 1. The third-order valence-electron chi connectivity index (χ3n) is 9.14. The maximum atomic E-state index is 12.5. The van der Waals surface area contributed by atoms with Crippen LogP contribution in [0.1, 0.15) is 26.7 Å². The number of hydrogen-bond donors (Lipinski definition) is 2. The third kappa shape index (κ3) is 6.64. The highest BCUT2D eigenvalue weighted by Crippen LogP contribution is 2.40. The van der Waals surface area contributed by atoms with Crippen LogP contribution in [0.4, 0.5) is 22.9 Å². The number of piperidine rings is 1. The summed E-state index contributed by atoms with van der Waals surface area (Å²) in [6.45, 7) is 14.5. The molecule has 11 heteroatoms. The number of hydrogen-bond acceptors (Lipinski definition) is 9. The van der Waals surface area contributed by atoms with Gasteiger partial charge in [0.25, 0.3) is 0 Å². The first-order valence-electron chi connectivity index (χ1n) is 15.7. The number of aromatic nitrogens is 4. The van der Waals surface area contributed by atoms with Gasteiger partial charge >= 0.3 is 0 Å². The Morgan fingerprint density at radius 2 is 1.80 bits per heavy atom. The Hall–Kier alpha value is -4.48. The Kier molecular flexibility index (Phi) is 8.99. The van der Waals surface area contributed by atoms with Crippen LogP contribution in [0.5, 0.6) is 5.75 Å². The Morgan fingerprint density at radius 3 is 2.51 bits per heavy atom. The van der Waals surface area contributed by atoms with Crippen LogP contribution < -0.4 is 20.3 Å². The zero-order valence-corrected chi connectivity index (χ0v) is 26.7. The Labute approximate surface area is 264 Å². The second-order valence-electron chi connectivity index (χ2n) is 12.1. The number of nitrogens with zero attached hydrogens (tertiary/aromatic N) is 7. The first kappa shape index (κ1) is 30.5. The molecular weight excluding hydrogens is 566 g/mol. The lowest BCUT2D eigenvalue weighted by Gasteiger charge is -2.44. The summed E-state index contributed by atoms with van der Waals surface area (Å²) in [5, 5.41) is 11.8. The normalized spacial score (nSPS) is 16.7. The molecule has 0 bridgehead atoms. The number of benzene rings is 2. The van der Waals surface area contributed by atoms with Crippen LogP contribution in [0.3, 0.4) is 0 Å². The van der Waals surface area contributed by atoms with Gasteiger partial charge in [-0.25, -0.2) is 9.97 Å². The predicted molar refractivity (Wildman–Crippen MR) is 180 cm³/mol. The van der Waals surface area contributed by atoms with Crippen molar-refractivity contribution in [3.05, 3.63) is 61.6 Å². The number of anilines is 4. The van der Waals surface area contributed by atoms with E-state index < -0.39 is 0 Å². The molecule has 4 heterocycles. The van der Waals surface area contributed by atoms with Gasteiger partial charge in [0.2, 0.25) is 5.91 Å². The Bertz CT molecular complexity index is 1670. The molecule has 45 heavy (non-hydrogen) atoms. The predicted octanol–water partition coefficient (Wildman–Crippen LogP) is 4.90. The zero-order chi connectivity index (χ0) is 31.5. The van der Waals surface area contributed by atoms with Crippen LogP contribution in [0, 0.1) is 0 Å². The molecule has 2 aliphatic heterocycles. The van der Waals surface area contributed by atoms with Gasteiger partial charge in [-0.05, 0) is 44.9 Å². The van der Waals surface area contributed by atoms with Gasteiger partial charge in [0.1, 0.15) is 17.9 Å². The molecule has 11 nitrogen and oxygen atoms in total. The summed E-state index contributed by atoms with van der Waals surface area (Å²) in [7, 11) is 3.58. The van der Waals surface area contributed by atoms with Crippen LogP contribution in [0.15, 0.2) is 61.6 Å². The molecule has 1 amide bonds. The van der Waals surface area contributed by atoms with Crippen molar-refractivity contribution in [2.45, 2.75) is 38.8 Å². The van der Waals surface area contributed by atoms with Gasteiger partial charge in [0.15, 0.2) is 0 Å². The van der Waals surface area contributed by atoms with Crippen LogP contribution >= 0.6 is 0 Å². The Morgan fingerprint density at radius 1 is 1.02 bits per heavy atom. The lowest BCUT2D eigenvalue weighted by atomic mass is 10.0. The fourth-order valence-corrected chi connectivity index (χ4v) is 6.50. The van der Waals surface area contributed by atoms with Gasteiger partial charge < -0.3 is 20.3 Å². The molecule has 6 rings (SSSR count). The van der Waals surface area contributed by atoms with E-state index in [1.807, 2.05) is 48.3 Å². The van der Waals surface area contributed by atoms with Crippen molar-refractivity contribution in [3.8, 4) is 17.0 Å². The van der Waals surface area contributed by atoms with E-state index >= 15 is 0 Å². The maximum Gasteiger partial charge on any atom is 0.247 e. The summed E-state index contributed by atoms with van der Waals surface area (Å²) >= 11 is 0. The first-order valence-corrected chi connectivity index (χ1v) is 15.7. The number of fused-ring (bicyclic) bond motifs is 1. The number of piperazine rings is 1. The summed E-state index contributed by atoms with van der Waals surface area (Å²) in [6, 6.07) is 13.1. The molecule has 4 aromatic rings. The number of amides is 1. The van der Waals surface area contributed by atoms with E-state index in [4.69, 9.17) is 4.74 Å². The van der Waals surface area contributed by atoms with E-state index in [2.05, 4.69) is 66.9 Å². The molecule has 0 radical (unpaired) electrons. The highest BCUT2D eigenvalue weighted by molar-refractivity contribution is 6.02. The van der Waals surface area contributed by atoms with Crippen molar-refractivity contribution in [3.63, 3.8) is 0 Å². The number of methoxy groups -OCH3 is 1. The number of carbonyl (C=O) groups is 1. The van der Waals surface area contributed by atoms with Crippen LogP contribution in [0.25, 0.3) is 22.2 Å². The van der Waals surface area contributed by atoms with E-state index in [9.17, 15) is 4.79 Å². The van der Waals surface area contributed by atoms with Gasteiger partial charge in [0, 0.05) is 81.5 Å². The van der Waals surface area contributed by atoms with Crippen molar-refractivity contribution in [2.24, 2.45) is 7.05 Å². The number of nitrogens with one attached hydrogen (secondary N) is 2. The topological polar surface area (TPSA) is 104 Å². The average molecular weight is 610 g/mol. The summed E-state index contributed by atoms with van der Waals surface area (Å²) in [4.78, 5) is 29.1. The van der Waals surface area contributed by atoms with E-state index in [1.54, 1.807) is 13.4 Å². The summed E-state index contributed by atoms with van der Waals surface area (Å²) in [6.07, 6.45) is 6.83. The minimum Gasteiger partial charge on any atom is -0.494 e. The monoisotopic (exact) mass is 609 g/mol. The standard InChI is InChI=1S/C34H43N9O2/c1-6-34(44)39-28-18-29(38-33-19-27(35-22-36-33)24-7-8-25-21-37-40(4)30(25)17-24)32(45-5)20-31(28)43-11-9-26(10-12-43)42-15-13-41(14-16-42)23(2)3/h6-8,17-23,26H,1,9-16H2,2-5H3,(H,39,44)(H,35,36,38). The molecule has 2 fully saturated rings. The summed E-state index contributed by atoms with van der Waals surface area (Å²) in [5.74, 6) is 1.00. The van der Waals surface area contributed by atoms with E-state index in [1.165, 1.54) is 6.08 Å². The molecule has 236 valence electrons. The highest BCUT2D eigenvalue weighted by atomic mass is 16.5. The van der Waals surface area contributed by atoms with E-state index in [0.29, 0.717) is 35.0 Å². The van der Waals surface area contributed by atoms with Gasteiger partial charge in [-0.1, -0.05) is 18.7 Å². The van der Waals surface area contributed by atoms with Crippen molar-refractivity contribution < 1.29 is 9.53 Å². The lowest BCUT2D eigenvalue weighted by Crippen LogP contribution is -2.54. The fraction of sp³-hybridized carbons (Fsp3) is 0.412. The first-order chi connectivity index (χ1) is 21.8. The van der Waals surface area contributed by atoms with Crippen LogP contribution in [-0.4, -0.2) is 93.9 Å². The van der Waals surface area contributed by atoms with Crippen molar-refractivity contribution in [1.29, 1.82) is 0 Å². The summed E-state index contributed by atoms with van der Waals surface area (Å²) < 4.78 is 7.71. The lowest BCUT2D eigenvalue weighted by molar-refractivity contribution is -0.111. The second kappa shape index (κ2) is 13.3. The molecule has 2 aliphatic rings. The highest BCUT2D eigenvalue weighted by Gasteiger charge is 2.29. The summed E-state index contributed by atoms with van der Waals surface area (Å²) in [5.41, 5.74) is 5.08. The fourth-order valence-electron chi connectivity index (χ4n) is 6.50. The van der Waals surface area contributed by atoms with Gasteiger partial charge in [-0.2, -0.15) is 5.10 Å². The quantitative estimate of drug-likeness (QED) is 0.257. The molecule has 2 aromatic carbocycles. The molecular formula is C34H43N9O2. The largest absolute Gasteiger partial charge is 0.494 e. The molecule has 0 aliphatic carbocycles. The molecule has 2 aromatic heterocycles. The SMILES string of the molecule is C=CC(=O)Nc1cc(Nc2cc(-c3ccc4cnn(C)c4c3)ncn2)c(OC)cc1N1CCC(N2CCN(C(C)C)CC2)CC1. The van der Waals surface area contributed by atoms with Gasteiger partial charge in [-0.15, -0.1) is 0 Å². The van der Waals surface area contributed by atoms with Crippen molar-refractivity contribution in [1.82, 2.24) is 29.5 Å². The number of rotatable bonds is 9. The molecule has 0 atom stereocenters. The molecule has 0 saturated carbocycles. The average Bonchev–Trinajstić information content (AvgIpc) is 3.44. The molecule has 2 N–H and O–H groups in total. The van der Waals surface area contributed by atoms with Crippen molar-refractivity contribution in [2.75, 3.05) is 61.9 Å². The maximum absolute atomic E-state index is 12.5.